The van der Waals surface area contributed by atoms with Crippen molar-refractivity contribution in [1.82, 2.24) is 9.55 Å². The maximum absolute atomic E-state index is 11.5. The van der Waals surface area contributed by atoms with Crippen molar-refractivity contribution in [2.24, 2.45) is 5.92 Å². The van der Waals surface area contributed by atoms with Crippen molar-refractivity contribution in [2.45, 2.75) is 26.3 Å². The number of carbonyl (C=O) groups excluding carboxylic acids is 1. The van der Waals surface area contributed by atoms with E-state index in [0.717, 1.165) is 12.8 Å². The van der Waals surface area contributed by atoms with E-state index in [1.807, 2.05) is 0 Å². The molecule has 14 heavy (non-hydrogen) atoms. The molecule has 0 atom stereocenters. The van der Waals surface area contributed by atoms with Gasteiger partial charge in [0, 0.05) is 18.3 Å². The van der Waals surface area contributed by atoms with E-state index in [0.29, 0.717) is 5.69 Å². The smallest absolute Gasteiger partial charge is 0.272 e. The minimum absolute atomic E-state index is 0.165. The molecule has 1 aliphatic rings. The van der Waals surface area contributed by atoms with Gasteiger partial charge in [0.2, 0.25) is 0 Å². The van der Waals surface area contributed by atoms with Crippen LogP contribution in [0.5, 0.6) is 0 Å². The number of aryl methyl sites for hydroxylation is 1. The van der Waals surface area contributed by atoms with Gasteiger partial charge in [0.05, 0.1) is 6.54 Å². The predicted molar refractivity (Wildman–Crippen MR) is 51.0 cm³/mol. The maximum atomic E-state index is 11.5. The second-order valence-corrected chi connectivity index (χ2v) is 3.69. The first kappa shape index (κ1) is 9.12. The van der Waals surface area contributed by atoms with Gasteiger partial charge in [0.25, 0.3) is 5.56 Å². The second-order valence-electron chi connectivity index (χ2n) is 3.69. The largest absolute Gasteiger partial charge is 0.305 e. The van der Waals surface area contributed by atoms with Gasteiger partial charge >= 0.3 is 0 Å². The van der Waals surface area contributed by atoms with Crippen molar-refractivity contribution in [3.63, 3.8) is 0 Å². The Bertz CT molecular complexity index is 418. The summed E-state index contributed by atoms with van der Waals surface area (Å²) in [5.74, 6) is 0.369. The summed E-state index contributed by atoms with van der Waals surface area (Å²) in [5.41, 5.74) is 0.276. The minimum atomic E-state index is -0.165. The van der Waals surface area contributed by atoms with Crippen molar-refractivity contribution in [2.75, 3.05) is 0 Å². The van der Waals surface area contributed by atoms with Crippen LogP contribution in [0.4, 0.5) is 0 Å². The van der Waals surface area contributed by atoms with Crippen molar-refractivity contribution < 1.29 is 4.79 Å². The van der Waals surface area contributed by atoms with E-state index < -0.39 is 0 Å². The first-order valence-corrected chi connectivity index (χ1v) is 4.73. The van der Waals surface area contributed by atoms with Gasteiger partial charge in [-0.1, -0.05) is 0 Å². The fourth-order valence-corrected chi connectivity index (χ4v) is 1.38. The first-order valence-electron chi connectivity index (χ1n) is 4.73. The van der Waals surface area contributed by atoms with Gasteiger partial charge in [-0.05, 0) is 19.8 Å². The zero-order valence-electron chi connectivity index (χ0n) is 8.06. The van der Waals surface area contributed by atoms with E-state index in [-0.39, 0.29) is 23.8 Å². The Morgan fingerprint density at radius 2 is 2.36 bits per heavy atom. The number of aromatic nitrogens is 2. The number of hydrogen-bond donors (Lipinski definition) is 0. The second kappa shape index (κ2) is 3.36. The lowest BCUT2D eigenvalue weighted by molar-refractivity contribution is -0.120. The minimum Gasteiger partial charge on any atom is -0.305 e. The van der Waals surface area contributed by atoms with E-state index >= 15 is 0 Å². The highest BCUT2D eigenvalue weighted by Gasteiger charge is 2.29. The first-order chi connectivity index (χ1) is 6.68. The molecule has 1 saturated carbocycles. The summed E-state index contributed by atoms with van der Waals surface area (Å²) in [6.45, 7) is 1.85. The lowest BCUT2D eigenvalue weighted by Crippen LogP contribution is -2.26. The van der Waals surface area contributed by atoms with Crippen LogP contribution in [0.3, 0.4) is 0 Å². The van der Waals surface area contributed by atoms with Gasteiger partial charge in [0.15, 0.2) is 5.78 Å². The SMILES string of the molecule is Cc1nccn(CC(=O)C2CC2)c1=O. The lowest BCUT2D eigenvalue weighted by atomic mass is 10.2. The monoisotopic (exact) mass is 192 g/mol. The van der Waals surface area contributed by atoms with E-state index in [1.165, 1.54) is 4.57 Å². The summed E-state index contributed by atoms with van der Waals surface area (Å²) in [5, 5.41) is 0. The molecule has 0 spiro atoms. The molecular weight excluding hydrogens is 180 g/mol. The molecule has 0 saturated heterocycles. The van der Waals surface area contributed by atoms with Crippen LogP contribution in [-0.4, -0.2) is 15.3 Å². The van der Waals surface area contributed by atoms with Crippen LogP contribution in [0.1, 0.15) is 18.5 Å². The van der Waals surface area contributed by atoms with Crippen LogP contribution in [-0.2, 0) is 11.3 Å². The van der Waals surface area contributed by atoms with Crippen LogP contribution < -0.4 is 5.56 Å². The van der Waals surface area contributed by atoms with Crippen LogP contribution in [0.25, 0.3) is 0 Å². The average molecular weight is 192 g/mol. The van der Waals surface area contributed by atoms with Crippen LogP contribution in [0.2, 0.25) is 0 Å². The summed E-state index contributed by atoms with van der Waals surface area (Å²) in [6.07, 6.45) is 5.09. The summed E-state index contributed by atoms with van der Waals surface area (Å²) >= 11 is 0. The maximum Gasteiger partial charge on any atom is 0.272 e. The molecule has 74 valence electrons. The Morgan fingerprint density at radius 1 is 1.64 bits per heavy atom. The predicted octanol–water partition coefficient (Wildman–Crippen LogP) is 0.531. The third kappa shape index (κ3) is 1.73. The Hall–Kier alpha value is -1.45. The third-order valence-corrected chi connectivity index (χ3v) is 2.44. The highest BCUT2D eigenvalue weighted by molar-refractivity contribution is 5.82. The quantitative estimate of drug-likeness (QED) is 0.702. The van der Waals surface area contributed by atoms with Gasteiger partial charge in [0.1, 0.15) is 5.69 Å². The van der Waals surface area contributed by atoms with Crippen LogP contribution in [0, 0.1) is 12.8 Å². The Balaban J connectivity index is 2.19. The molecule has 1 aromatic rings. The van der Waals surface area contributed by atoms with Crippen LogP contribution >= 0.6 is 0 Å². The third-order valence-electron chi connectivity index (χ3n) is 2.44. The Kier molecular flexibility index (Phi) is 2.19. The van der Waals surface area contributed by atoms with E-state index in [9.17, 15) is 9.59 Å². The molecule has 1 aliphatic carbocycles. The van der Waals surface area contributed by atoms with Gasteiger partial charge in [-0.25, -0.2) is 0 Å². The number of Topliss-reactive ketones (excluding diaryl/α,β-unsaturated/α-hetero) is 1. The van der Waals surface area contributed by atoms with Gasteiger partial charge < -0.3 is 4.57 Å². The van der Waals surface area contributed by atoms with Crippen molar-refractivity contribution >= 4 is 5.78 Å². The van der Waals surface area contributed by atoms with Crippen molar-refractivity contribution in [3.05, 3.63) is 28.4 Å². The molecule has 0 aliphatic heterocycles. The number of ketones is 1. The number of hydrogen-bond acceptors (Lipinski definition) is 3. The van der Waals surface area contributed by atoms with E-state index in [1.54, 1.807) is 19.3 Å². The molecule has 0 unspecified atom stereocenters. The van der Waals surface area contributed by atoms with Crippen molar-refractivity contribution in [3.8, 4) is 0 Å². The van der Waals surface area contributed by atoms with Crippen molar-refractivity contribution in [1.29, 1.82) is 0 Å². The number of rotatable bonds is 3. The van der Waals surface area contributed by atoms with Gasteiger partial charge in [-0.2, -0.15) is 0 Å². The Labute approximate surface area is 81.6 Å². The summed E-state index contributed by atoms with van der Waals surface area (Å²) in [7, 11) is 0. The zero-order chi connectivity index (χ0) is 10.1. The molecule has 1 aromatic heterocycles. The fraction of sp³-hybridized carbons (Fsp3) is 0.500. The lowest BCUT2D eigenvalue weighted by Gasteiger charge is -2.03. The molecule has 2 rings (SSSR count). The number of carbonyl (C=O) groups is 1. The van der Waals surface area contributed by atoms with Gasteiger partial charge in [-0.3, -0.25) is 14.6 Å². The Morgan fingerprint density at radius 3 is 3.00 bits per heavy atom. The molecule has 4 heteroatoms. The van der Waals surface area contributed by atoms with E-state index in [4.69, 9.17) is 0 Å². The fourth-order valence-electron chi connectivity index (χ4n) is 1.38. The molecule has 1 fully saturated rings. The highest BCUT2D eigenvalue weighted by atomic mass is 16.1. The van der Waals surface area contributed by atoms with E-state index in [2.05, 4.69) is 4.98 Å². The summed E-state index contributed by atoms with van der Waals surface area (Å²) in [4.78, 5) is 26.8. The number of nitrogens with zero attached hydrogens (tertiary/aromatic N) is 2. The molecule has 0 aromatic carbocycles. The van der Waals surface area contributed by atoms with Crippen LogP contribution in [0.15, 0.2) is 17.2 Å². The molecule has 0 bridgehead atoms. The normalized spacial score (nSPS) is 15.5. The molecular formula is C10H12N2O2. The molecule has 0 N–H and O–H groups in total. The molecule has 1 heterocycles. The highest BCUT2D eigenvalue weighted by Crippen LogP contribution is 2.29. The average Bonchev–Trinajstić information content (AvgIpc) is 2.95. The van der Waals surface area contributed by atoms with Gasteiger partial charge in [-0.15, -0.1) is 0 Å². The summed E-state index contributed by atoms with van der Waals surface area (Å²) < 4.78 is 1.43. The molecule has 0 radical (unpaired) electrons. The molecule has 0 amide bonds. The topological polar surface area (TPSA) is 52.0 Å². The zero-order valence-corrected chi connectivity index (χ0v) is 8.06. The standard InChI is InChI=1S/C10H12N2O2/c1-7-10(14)12(5-4-11-7)6-9(13)8-2-3-8/h4-5,8H,2-3,6H2,1H3. The molecule has 4 nitrogen and oxygen atoms in total. The summed E-state index contributed by atoms with van der Waals surface area (Å²) in [6, 6.07) is 0.